The minimum atomic E-state index is -0.204. The summed E-state index contributed by atoms with van der Waals surface area (Å²) in [5.41, 5.74) is 6.33. The number of amides is 1. The number of carbonyl (C=O) groups excluding carboxylic acids is 1. The van der Waals surface area contributed by atoms with Gasteiger partial charge in [-0.1, -0.05) is 87.8 Å². The summed E-state index contributed by atoms with van der Waals surface area (Å²) in [5, 5.41) is 5.51. The summed E-state index contributed by atoms with van der Waals surface area (Å²) < 4.78 is 2.99. The highest BCUT2D eigenvalue weighted by molar-refractivity contribution is 9.10. The summed E-state index contributed by atoms with van der Waals surface area (Å²) in [4.78, 5) is 17.0. The Bertz CT molecular complexity index is 1260. The summed E-state index contributed by atoms with van der Waals surface area (Å²) in [5.74, 6) is -0.0104. The Hall–Kier alpha value is -2.61. The molecule has 0 spiro atoms. The van der Waals surface area contributed by atoms with E-state index in [0.29, 0.717) is 11.6 Å². The van der Waals surface area contributed by atoms with E-state index in [-0.39, 0.29) is 11.7 Å². The van der Waals surface area contributed by atoms with Gasteiger partial charge in [0.2, 0.25) is 0 Å². The number of thioether (sulfide) groups is 1. The maximum Gasteiger partial charge on any atom is 0.250 e. The molecule has 1 N–H and O–H groups in total. The van der Waals surface area contributed by atoms with Crippen molar-refractivity contribution < 1.29 is 4.79 Å². The van der Waals surface area contributed by atoms with Crippen LogP contribution in [0.2, 0.25) is 5.02 Å². The van der Waals surface area contributed by atoms with Gasteiger partial charge in [0.05, 0.1) is 29.5 Å². The van der Waals surface area contributed by atoms with Gasteiger partial charge in [0.1, 0.15) is 0 Å². The van der Waals surface area contributed by atoms with E-state index in [0.717, 1.165) is 31.8 Å². The summed E-state index contributed by atoms with van der Waals surface area (Å²) in [6.07, 6.45) is 1.61. The van der Waals surface area contributed by atoms with Gasteiger partial charge in [0.15, 0.2) is 5.16 Å². The zero-order chi connectivity index (χ0) is 21.6. The standard InChI is InChI=1S/C23H18BrClN4OS/c24-18-9-3-1-7-16(18)13-26-28-22(30)15-31-23-27-20-11-5-6-12-21(20)29(23)14-17-8-2-4-10-19(17)25/h1-13H,14-15H2,(H,28,30)/b26-13-. The Labute approximate surface area is 197 Å². The Balaban J connectivity index is 1.47. The molecule has 4 rings (SSSR count). The number of hydrazone groups is 1. The normalized spacial score (nSPS) is 11.3. The SMILES string of the molecule is O=C(CSc1nc2ccccc2n1Cc1ccccc1Cl)N/N=C\c1ccccc1Br. The van der Waals surface area contributed by atoms with Crippen LogP contribution in [0.3, 0.4) is 0 Å². The van der Waals surface area contributed by atoms with Crippen LogP contribution in [0.4, 0.5) is 0 Å². The highest BCUT2D eigenvalue weighted by Gasteiger charge is 2.14. The third-order valence-electron chi connectivity index (χ3n) is 4.54. The highest BCUT2D eigenvalue weighted by Crippen LogP contribution is 2.27. The molecule has 1 amide bonds. The van der Waals surface area contributed by atoms with Crippen LogP contribution in [-0.2, 0) is 11.3 Å². The van der Waals surface area contributed by atoms with Crippen molar-refractivity contribution in [3.63, 3.8) is 0 Å². The van der Waals surface area contributed by atoms with Crippen molar-refractivity contribution in [2.24, 2.45) is 5.10 Å². The number of carbonyl (C=O) groups is 1. The smallest absolute Gasteiger partial charge is 0.250 e. The van der Waals surface area contributed by atoms with Gasteiger partial charge in [-0.15, -0.1) is 0 Å². The van der Waals surface area contributed by atoms with Crippen LogP contribution in [0.1, 0.15) is 11.1 Å². The number of nitrogens with zero attached hydrogens (tertiary/aromatic N) is 3. The first-order chi connectivity index (χ1) is 15.1. The van der Waals surface area contributed by atoms with Crippen molar-refractivity contribution in [1.82, 2.24) is 15.0 Å². The molecule has 0 radical (unpaired) electrons. The average Bonchev–Trinajstić information content (AvgIpc) is 3.13. The predicted octanol–water partition coefficient (Wildman–Crippen LogP) is 5.74. The van der Waals surface area contributed by atoms with E-state index in [1.54, 1.807) is 6.21 Å². The first kappa shape index (κ1) is 21.6. The van der Waals surface area contributed by atoms with Gasteiger partial charge in [-0.3, -0.25) is 4.79 Å². The molecule has 0 fully saturated rings. The fraction of sp³-hybridized carbons (Fsp3) is 0.0870. The number of hydrogen-bond acceptors (Lipinski definition) is 4. The van der Waals surface area contributed by atoms with Crippen molar-refractivity contribution >= 4 is 62.4 Å². The van der Waals surface area contributed by atoms with Gasteiger partial charge in [-0.2, -0.15) is 5.10 Å². The van der Waals surface area contributed by atoms with Crippen LogP contribution in [0, 0.1) is 0 Å². The van der Waals surface area contributed by atoms with Crippen molar-refractivity contribution in [3.8, 4) is 0 Å². The molecule has 1 aromatic heterocycles. The fourth-order valence-electron chi connectivity index (χ4n) is 3.03. The molecule has 0 saturated carbocycles. The number of rotatable bonds is 7. The highest BCUT2D eigenvalue weighted by atomic mass is 79.9. The van der Waals surface area contributed by atoms with Crippen molar-refractivity contribution in [3.05, 3.63) is 93.4 Å². The minimum absolute atomic E-state index is 0.194. The molecule has 0 saturated heterocycles. The van der Waals surface area contributed by atoms with E-state index < -0.39 is 0 Å². The number of imidazole rings is 1. The number of fused-ring (bicyclic) bond motifs is 1. The molecule has 0 aliphatic rings. The van der Waals surface area contributed by atoms with Gasteiger partial charge >= 0.3 is 0 Å². The molecule has 0 atom stereocenters. The molecule has 1 heterocycles. The van der Waals surface area contributed by atoms with E-state index >= 15 is 0 Å². The molecule has 0 aliphatic heterocycles. The van der Waals surface area contributed by atoms with Crippen LogP contribution >= 0.6 is 39.3 Å². The third-order valence-corrected chi connectivity index (χ3v) is 6.60. The van der Waals surface area contributed by atoms with Gasteiger partial charge in [-0.25, -0.2) is 10.4 Å². The lowest BCUT2D eigenvalue weighted by Crippen LogP contribution is -2.20. The lowest BCUT2D eigenvalue weighted by atomic mass is 10.2. The lowest BCUT2D eigenvalue weighted by Gasteiger charge is -2.10. The maximum atomic E-state index is 12.3. The zero-order valence-electron chi connectivity index (χ0n) is 16.3. The first-order valence-corrected chi connectivity index (χ1v) is 11.7. The van der Waals surface area contributed by atoms with Crippen LogP contribution in [0.5, 0.6) is 0 Å². The Morgan fingerprint density at radius 2 is 1.84 bits per heavy atom. The van der Waals surface area contributed by atoms with Gasteiger partial charge in [0, 0.05) is 15.1 Å². The van der Waals surface area contributed by atoms with Crippen LogP contribution in [0.15, 0.2) is 87.5 Å². The maximum absolute atomic E-state index is 12.3. The lowest BCUT2D eigenvalue weighted by molar-refractivity contribution is -0.118. The number of hydrogen-bond donors (Lipinski definition) is 1. The summed E-state index contributed by atoms with van der Waals surface area (Å²) in [6, 6.07) is 23.3. The molecule has 5 nitrogen and oxygen atoms in total. The van der Waals surface area contributed by atoms with Gasteiger partial charge in [-0.05, 0) is 29.8 Å². The number of benzene rings is 3. The molecule has 0 aliphatic carbocycles. The number of nitrogens with one attached hydrogen (secondary N) is 1. The third kappa shape index (κ3) is 5.36. The summed E-state index contributed by atoms with van der Waals surface area (Å²) in [6.45, 7) is 0.574. The number of aromatic nitrogens is 2. The number of halogens is 2. The molecule has 8 heteroatoms. The Kier molecular flexibility index (Phi) is 7.06. The monoisotopic (exact) mass is 512 g/mol. The minimum Gasteiger partial charge on any atom is -0.314 e. The average molecular weight is 514 g/mol. The molecule has 156 valence electrons. The second kappa shape index (κ2) is 10.1. The molecule has 31 heavy (non-hydrogen) atoms. The first-order valence-electron chi connectivity index (χ1n) is 9.50. The Morgan fingerprint density at radius 3 is 2.68 bits per heavy atom. The van der Waals surface area contributed by atoms with Crippen LogP contribution < -0.4 is 5.43 Å². The fourth-order valence-corrected chi connectivity index (χ4v) is 4.42. The van der Waals surface area contributed by atoms with E-state index in [1.807, 2.05) is 72.8 Å². The van der Waals surface area contributed by atoms with E-state index in [2.05, 4.69) is 31.0 Å². The van der Waals surface area contributed by atoms with Gasteiger partial charge < -0.3 is 4.57 Å². The summed E-state index contributed by atoms with van der Waals surface area (Å²) in [7, 11) is 0. The molecule has 0 unspecified atom stereocenters. The topological polar surface area (TPSA) is 59.3 Å². The second-order valence-electron chi connectivity index (χ2n) is 6.66. The molecule has 3 aromatic carbocycles. The van der Waals surface area contributed by atoms with Gasteiger partial charge in [0.25, 0.3) is 5.91 Å². The van der Waals surface area contributed by atoms with Crippen molar-refractivity contribution in [1.29, 1.82) is 0 Å². The number of para-hydroxylation sites is 2. The Morgan fingerprint density at radius 1 is 1.10 bits per heavy atom. The second-order valence-corrected chi connectivity index (χ2v) is 8.87. The van der Waals surface area contributed by atoms with E-state index in [4.69, 9.17) is 16.6 Å². The van der Waals surface area contributed by atoms with Crippen molar-refractivity contribution in [2.75, 3.05) is 5.75 Å². The molecular weight excluding hydrogens is 496 g/mol. The van der Waals surface area contributed by atoms with E-state index in [1.165, 1.54) is 11.8 Å². The summed E-state index contributed by atoms with van der Waals surface area (Å²) >= 11 is 11.2. The predicted molar refractivity (Wildman–Crippen MR) is 131 cm³/mol. The van der Waals surface area contributed by atoms with Crippen molar-refractivity contribution in [2.45, 2.75) is 11.7 Å². The molecule has 0 bridgehead atoms. The quantitative estimate of drug-likeness (QED) is 0.195. The van der Waals surface area contributed by atoms with Crippen LogP contribution in [0.25, 0.3) is 11.0 Å². The molecule has 4 aromatic rings. The van der Waals surface area contributed by atoms with E-state index in [9.17, 15) is 4.79 Å². The van der Waals surface area contributed by atoms with Crippen LogP contribution in [-0.4, -0.2) is 27.4 Å². The largest absolute Gasteiger partial charge is 0.314 e. The zero-order valence-corrected chi connectivity index (χ0v) is 19.5. The molecular formula is C23H18BrClN4OS.